The van der Waals surface area contributed by atoms with Crippen LogP contribution in [-0.2, 0) is 16.9 Å². The molecule has 2 atom stereocenters. The molecule has 0 spiro atoms. The lowest BCUT2D eigenvalue weighted by Gasteiger charge is -2.31. The van der Waals surface area contributed by atoms with Crippen LogP contribution in [0.15, 0.2) is 10.7 Å². The first kappa shape index (κ1) is 13.5. The molecule has 106 valence electrons. The minimum absolute atomic E-state index is 0.238. The maximum atomic E-state index is 11.2. The van der Waals surface area contributed by atoms with Crippen LogP contribution in [0.2, 0.25) is 0 Å². The molecule has 0 saturated carbocycles. The van der Waals surface area contributed by atoms with Gasteiger partial charge in [-0.25, -0.2) is 0 Å². The normalized spacial score (nSPS) is 31.0. The van der Waals surface area contributed by atoms with E-state index in [4.69, 9.17) is 4.74 Å². The quantitative estimate of drug-likeness (QED) is 0.905. The van der Waals surface area contributed by atoms with Crippen LogP contribution in [0.4, 0.5) is 0 Å². The van der Waals surface area contributed by atoms with Gasteiger partial charge in [0, 0.05) is 19.7 Å². The zero-order valence-corrected chi connectivity index (χ0v) is 12.8. The highest BCUT2D eigenvalue weighted by atomic mass is 79.9. The van der Waals surface area contributed by atoms with Crippen molar-refractivity contribution < 1.29 is 9.84 Å². The predicted molar refractivity (Wildman–Crippen MR) is 74.9 cm³/mol. The number of nitrogens with zero attached hydrogens (tertiary/aromatic N) is 3. The summed E-state index contributed by atoms with van der Waals surface area (Å²) in [7, 11) is 1.68. The third-order valence-electron chi connectivity index (χ3n) is 4.41. The number of ether oxygens (including phenoxy) is 1. The molecule has 3 rings (SSSR count). The monoisotopic (exact) mass is 329 g/mol. The molecular formula is C13H20BrN3O2. The van der Waals surface area contributed by atoms with Gasteiger partial charge in [-0.15, -0.1) is 0 Å². The first-order valence-electron chi connectivity index (χ1n) is 6.84. The Hall–Kier alpha value is -0.430. The second-order valence-corrected chi connectivity index (χ2v) is 6.28. The smallest absolute Gasteiger partial charge is 0.124 e. The molecule has 0 bridgehead atoms. The molecule has 2 aliphatic rings. The van der Waals surface area contributed by atoms with E-state index in [0.717, 1.165) is 36.1 Å². The van der Waals surface area contributed by atoms with Crippen molar-refractivity contribution in [2.75, 3.05) is 26.8 Å². The van der Waals surface area contributed by atoms with Gasteiger partial charge in [-0.3, -0.25) is 9.58 Å². The molecule has 0 aromatic carbocycles. The fourth-order valence-electron chi connectivity index (χ4n) is 3.53. The molecule has 1 aromatic rings. The zero-order valence-electron chi connectivity index (χ0n) is 11.2. The van der Waals surface area contributed by atoms with Crippen molar-refractivity contribution in [3.8, 4) is 0 Å². The average Bonchev–Trinajstić information content (AvgIpc) is 3.06. The van der Waals surface area contributed by atoms with Crippen LogP contribution in [0.5, 0.6) is 0 Å². The van der Waals surface area contributed by atoms with Crippen molar-refractivity contribution in [2.45, 2.75) is 37.5 Å². The highest BCUT2D eigenvalue weighted by molar-refractivity contribution is 9.10. The Balaban J connectivity index is 1.94. The van der Waals surface area contributed by atoms with Gasteiger partial charge in [-0.05, 0) is 41.7 Å². The van der Waals surface area contributed by atoms with Crippen LogP contribution in [0.25, 0.3) is 0 Å². The summed E-state index contributed by atoms with van der Waals surface area (Å²) in [4.78, 5) is 2.40. The van der Waals surface area contributed by atoms with E-state index in [1.165, 1.54) is 6.42 Å². The summed E-state index contributed by atoms with van der Waals surface area (Å²) in [5.41, 5.74) is 0.137. The molecule has 0 aliphatic carbocycles. The molecule has 3 heterocycles. The van der Waals surface area contributed by atoms with Gasteiger partial charge in [-0.2, -0.15) is 5.10 Å². The topological polar surface area (TPSA) is 50.5 Å². The maximum absolute atomic E-state index is 11.2. The standard InChI is InChI=1S/C13H20BrN3O2/c1-19-8-7-17-12(10(14)9-15-17)13(18)4-6-16-5-2-3-11(13)16/h9,11,18H,2-8H2,1H3. The zero-order chi connectivity index (χ0) is 13.5. The number of halogens is 1. The van der Waals surface area contributed by atoms with Crippen LogP contribution in [0.1, 0.15) is 25.0 Å². The lowest BCUT2D eigenvalue weighted by molar-refractivity contribution is -0.000509. The van der Waals surface area contributed by atoms with Crippen LogP contribution < -0.4 is 0 Å². The number of hydrogen-bond donors (Lipinski definition) is 1. The summed E-state index contributed by atoms with van der Waals surface area (Å²) < 4.78 is 7.91. The third-order valence-corrected chi connectivity index (χ3v) is 4.99. The van der Waals surface area contributed by atoms with Crippen LogP contribution >= 0.6 is 15.9 Å². The Labute approximate surface area is 121 Å². The van der Waals surface area contributed by atoms with Gasteiger partial charge >= 0.3 is 0 Å². The van der Waals surface area contributed by atoms with Gasteiger partial charge in [0.1, 0.15) is 5.60 Å². The molecule has 2 fully saturated rings. The number of aliphatic hydroxyl groups is 1. The van der Waals surface area contributed by atoms with E-state index in [2.05, 4.69) is 25.9 Å². The first-order valence-corrected chi connectivity index (χ1v) is 7.63. The molecule has 5 nitrogen and oxygen atoms in total. The molecule has 2 aliphatic heterocycles. The molecule has 2 saturated heterocycles. The van der Waals surface area contributed by atoms with Crippen molar-refractivity contribution in [3.05, 3.63) is 16.4 Å². The molecule has 1 N–H and O–H groups in total. The summed E-state index contributed by atoms with van der Waals surface area (Å²) in [6, 6.07) is 0.238. The minimum Gasteiger partial charge on any atom is -0.383 e. The van der Waals surface area contributed by atoms with Crippen LogP contribution in [0, 0.1) is 0 Å². The van der Waals surface area contributed by atoms with Crippen molar-refractivity contribution in [2.24, 2.45) is 0 Å². The number of aromatic nitrogens is 2. The van der Waals surface area contributed by atoms with E-state index in [1.807, 2.05) is 4.68 Å². The largest absolute Gasteiger partial charge is 0.383 e. The lowest BCUT2D eigenvalue weighted by Crippen LogP contribution is -2.41. The van der Waals surface area contributed by atoms with E-state index in [9.17, 15) is 5.11 Å². The van der Waals surface area contributed by atoms with E-state index >= 15 is 0 Å². The SMILES string of the molecule is COCCn1ncc(Br)c1C1(O)CCN2CCCC21. The Kier molecular flexibility index (Phi) is 3.68. The molecule has 0 amide bonds. The van der Waals surface area contributed by atoms with E-state index in [-0.39, 0.29) is 6.04 Å². The Morgan fingerprint density at radius 3 is 3.21 bits per heavy atom. The minimum atomic E-state index is -0.778. The van der Waals surface area contributed by atoms with Gasteiger partial charge in [-0.1, -0.05) is 0 Å². The maximum Gasteiger partial charge on any atom is 0.124 e. The molecule has 0 radical (unpaired) electrons. The summed E-state index contributed by atoms with van der Waals surface area (Å²) in [6.07, 6.45) is 4.81. The molecule has 2 unspecified atom stereocenters. The van der Waals surface area contributed by atoms with Crippen LogP contribution in [-0.4, -0.2) is 52.6 Å². The van der Waals surface area contributed by atoms with Crippen molar-refractivity contribution in [3.63, 3.8) is 0 Å². The van der Waals surface area contributed by atoms with Gasteiger partial charge in [0.15, 0.2) is 0 Å². The molecular weight excluding hydrogens is 310 g/mol. The Morgan fingerprint density at radius 1 is 1.58 bits per heavy atom. The van der Waals surface area contributed by atoms with E-state index in [1.54, 1.807) is 13.3 Å². The molecule has 1 aromatic heterocycles. The highest BCUT2D eigenvalue weighted by Gasteiger charge is 2.51. The summed E-state index contributed by atoms with van der Waals surface area (Å²) in [6.45, 7) is 3.36. The fraction of sp³-hybridized carbons (Fsp3) is 0.769. The number of fused-ring (bicyclic) bond motifs is 1. The van der Waals surface area contributed by atoms with Crippen molar-refractivity contribution in [1.82, 2.24) is 14.7 Å². The second kappa shape index (κ2) is 5.16. The second-order valence-electron chi connectivity index (χ2n) is 5.43. The Bertz CT molecular complexity index is 465. The molecule has 6 heteroatoms. The van der Waals surface area contributed by atoms with Gasteiger partial charge in [0.25, 0.3) is 0 Å². The highest BCUT2D eigenvalue weighted by Crippen LogP contribution is 2.44. The predicted octanol–water partition coefficient (Wildman–Crippen LogP) is 1.35. The van der Waals surface area contributed by atoms with Crippen LogP contribution in [0.3, 0.4) is 0 Å². The van der Waals surface area contributed by atoms with Gasteiger partial charge in [0.2, 0.25) is 0 Å². The van der Waals surface area contributed by atoms with Crippen molar-refractivity contribution in [1.29, 1.82) is 0 Å². The average molecular weight is 330 g/mol. The summed E-state index contributed by atoms with van der Waals surface area (Å²) >= 11 is 3.55. The molecule has 19 heavy (non-hydrogen) atoms. The van der Waals surface area contributed by atoms with E-state index < -0.39 is 5.60 Å². The summed E-state index contributed by atoms with van der Waals surface area (Å²) in [5, 5.41) is 15.6. The first-order chi connectivity index (χ1) is 9.16. The number of rotatable bonds is 4. The third kappa shape index (κ3) is 2.14. The van der Waals surface area contributed by atoms with Crippen molar-refractivity contribution >= 4 is 15.9 Å². The van der Waals surface area contributed by atoms with E-state index in [0.29, 0.717) is 13.2 Å². The van der Waals surface area contributed by atoms with Gasteiger partial charge in [0.05, 0.1) is 29.5 Å². The number of hydrogen-bond acceptors (Lipinski definition) is 4. The fourth-order valence-corrected chi connectivity index (χ4v) is 4.17. The Morgan fingerprint density at radius 2 is 2.42 bits per heavy atom. The number of methoxy groups -OCH3 is 1. The summed E-state index contributed by atoms with van der Waals surface area (Å²) in [5.74, 6) is 0. The van der Waals surface area contributed by atoms with Gasteiger partial charge < -0.3 is 9.84 Å². The lowest BCUT2D eigenvalue weighted by atomic mass is 9.89.